The molecule has 1 rings (SSSR count). The zero-order chi connectivity index (χ0) is 4.41. The summed E-state index contributed by atoms with van der Waals surface area (Å²) in [6.45, 7) is 0.736. The maximum atomic E-state index is 3.58. The molecule has 1 heterocycles. The first-order chi connectivity index (χ1) is 2.89. The Balaban J connectivity index is 2.38. The van der Waals surface area contributed by atoms with Crippen LogP contribution < -0.4 is 10.4 Å². The fourth-order valence-corrected chi connectivity index (χ4v) is 0.274. The van der Waals surface area contributed by atoms with Gasteiger partial charge in [0.05, 0.1) is 0 Å². The van der Waals surface area contributed by atoms with Gasteiger partial charge in [-0.25, -0.2) is 5.43 Å². The van der Waals surface area contributed by atoms with Crippen LogP contribution in [0.5, 0.6) is 0 Å². The molecule has 0 aromatic heterocycles. The highest BCUT2D eigenvalue weighted by molar-refractivity contribution is 4.45. The first kappa shape index (κ1) is 3.55. The quantitative estimate of drug-likeness (QED) is 0.400. The summed E-state index contributed by atoms with van der Waals surface area (Å²) in [6.07, 6.45) is 0. The van der Waals surface area contributed by atoms with E-state index in [1.54, 1.807) is 5.01 Å². The van der Waals surface area contributed by atoms with E-state index in [-0.39, 0.29) is 0 Å². The van der Waals surface area contributed by atoms with Gasteiger partial charge >= 0.3 is 0 Å². The third-order valence-corrected chi connectivity index (χ3v) is 0.568. The molecular weight excluding hydrogens is 80.0 g/mol. The van der Waals surface area contributed by atoms with Crippen LogP contribution in [-0.2, 0) is 0 Å². The molecule has 0 amide bonds. The number of hydrogen-bond donors (Lipinski definition) is 1. The predicted molar refractivity (Wildman–Crippen MR) is 20.9 cm³/mol. The molecule has 1 radical (unpaired) electrons. The average molecular weight is 86.1 g/mol. The summed E-state index contributed by atoms with van der Waals surface area (Å²) in [6, 6.07) is 0. The van der Waals surface area contributed by atoms with E-state index in [0.29, 0.717) is 0 Å². The standard InChI is InChI=1S/C2H6N4/c1-6-2-3-4-5-6/h2H2,1H3,(H,3,5)/q+1. The second-order valence-electron chi connectivity index (χ2n) is 1.16. The van der Waals surface area contributed by atoms with Gasteiger partial charge in [0.1, 0.15) is 12.3 Å². The minimum absolute atomic E-state index is 0.736. The predicted octanol–water partition coefficient (Wildman–Crippen LogP) is -0.401. The second-order valence-corrected chi connectivity index (χ2v) is 1.16. The Kier molecular flexibility index (Phi) is 0.719. The number of nitrogens with one attached hydrogen (secondary N) is 1. The third kappa shape index (κ3) is 0.463. The summed E-state index contributed by atoms with van der Waals surface area (Å²) in [4.78, 5) is 0. The van der Waals surface area contributed by atoms with E-state index in [2.05, 4.69) is 15.9 Å². The van der Waals surface area contributed by atoms with Crippen LogP contribution in [0.1, 0.15) is 0 Å². The first-order valence-corrected chi connectivity index (χ1v) is 1.74. The Morgan fingerprint density at radius 1 is 1.83 bits per heavy atom. The lowest BCUT2D eigenvalue weighted by molar-refractivity contribution is 0.535. The van der Waals surface area contributed by atoms with Crippen molar-refractivity contribution in [2.24, 2.45) is 10.4 Å². The van der Waals surface area contributed by atoms with Crippen molar-refractivity contribution < 1.29 is 0 Å². The van der Waals surface area contributed by atoms with Gasteiger partial charge in [0.25, 0.3) is 0 Å². The van der Waals surface area contributed by atoms with Crippen molar-refractivity contribution in [2.75, 3.05) is 13.7 Å². The smallest absolute Gasteiger partial charge is 0.230 e. The summed E-state index contributed by atoms with van der Waals surface area (Å²) >= 11 is 0. The van der Waals surface area contributed by atoms with Crippen LogP contribution >= 0.6 is 0 Å². The van der Waals surface area contributed by atoms with Crippen molar-refractivity contribution in [3.8, 4) is 0 Å². The molecule has 0 saturated heterocycles. The van der Waals surface area contributed by atoms with Gasteiger partial charge in [0.15, 0.2) is 0 Å². The average Bonchev–Trinajstić information content (AvgIpc) is 1.86. The van der Waals surface area contributed by atoms with Crippen LogP contribution in [0.25, 0.3) is 0 Å². The molecule has 1 N–H and O–H groups in total. The van der Waals surface area contributed by atoms with Crippen LogP contribution in [0.4, 0.5) is 0 Å². The minimum atomic E-state index is 0.736. The molecule has 0 aliphatic carbocycles. The maximum absolute atomic E-state index is 3.58. The largest absolute Gasteiger partial charge is 0.243 e. The van der Waals surface area contributed by atoms with E-state index >= 15 is 0 Å². The first-order valence-electron chi connectivity index (χ1n) is 1.74. The van der Waals surface area contributed by atoms with E-state index in [9.17, 15) is 0 Å². The molecule has 0 atom stereocenters. The summed E-state index contributed by atoms with van der Waals surface area (Å²) in [5.41, 5.74) is 2.66. The van der Waals surface area contributed by atoms with Crippen molar-refractivity contribution >= 4 is 0 Å². The Labute approximate surface area is 35.8 Å². The van der Waals surface area contributed by atoms with Crippen LogP contribution in [-0.4, -0.2) is 13.7 Å². The summed E-state index contributed by atoms with van der Waals surface area (Å²) < 4.78 is 0. The lowest BCUT2D eigenvalue weighted by atomic mass is 11.0. The summed E-state index contributed by atoms with van der Waals surface area (Å²) in [5.74, 6) is 0. The molecule has 0 unspecified atom stereocenters. The molecule has 1 aliphatic heterocycles. The molecule has 6 heavy (non-hydrogen) atoms. The van der Waals surface area contributed by atoms with Crippen molar-refractivity contribution in [3.05, 3.63) is 0 Å². The lowest BCUT2D eigenvalue weighted by Crippen LogP contribution is -2.20. The highest BCUT2D eigenvalue weighted by Gasteiger charge is 2.09. The molecule has 0 bridgehead atoms. The van der Waals surface area contributed by atoms with Crippen molar-refractivity contribution in [1.82, 2.24) is 10.4 Å². The molecule has 0 fully saturated rings. The van der Waals surface area contributed by atoms with Gasteiger partial charge in [-0.1, -0.05) is 0 Å². The van der Waals surface area contributed by atoms with Crippen LogP contribution in [0.15, 0.2) is 10.4 Å². The van der Waals surface area contributed by atoms with Crippen LogP contribution in [0.3, 0.4) is 0 Å². The van der Waals surface area contributed by atoms with Crippen LogP contribution in [0, 0.1) is 0 Å². The van der Waals surface area contributed by atoms with Crippen molar-refractivity contribution in [2.45, 2.75) is 0 Å². The molecule has 0 spiro atoms. The third-order valence-electron chi connectivity index (χ3n) is 0.568. The Bertz CT molecular complexity index is 67.9. The normalized spacial score (nSPS) is 21.5. The van der Waals surface area contributed by atoms with Crippen LogP contribution in [0.2, 0.25) is 0 Å². The summed E-state index contributed by atoms with van der Waals surface area (Å²) in [5, 5.41) is 8.76. The number of rotatable bonds is 0. The monoisotopic (exact) mass is 86.1 g/mol. The van der Waals surface area contributed by atoms with Gasteiger partial charge in [-0.15, -0.1) is 0 Å². The van der Waals surface area contributed by atoms with Gasteiger partial charge in [-0.05, 0) is 5.22 Å². The maximum Gasteiger partial charge on any atom is 0.243 e. The Morgan fingerprint density at radius 2 is 2.67 bits per heavy atom. The highest BCUT2D eigenvalue weighted by Crippen LogP contribution is 1.81. The molecule has 0 aromatic rings. The van der Waals surface area contributed by atoms with E-state index in [4.69, 9.17) is 0 Å². The Morgan fingerprint density at radius 3 is 2.83 bits per heavy atom. The molecule has 4 heteroatoms. The molecule has 0 saturated carbocycles. The molecular formula is C2H6N4+. The molecule has 33 valence electrons. The highest BCUT2D eigenvalue weighted by atomic mass is 15.7. The second kappa shape index (κ2) is 1.22. The zero-order valence-electron chi connectivity index (χ0n) is 3.55. The van der Waals surface area contributed by atoms with E-state index in [1.165, 1.54) is 0 Å². The van der Waals surface area contributed by atoms with Gasteiger partial charge in [0, 0.05) is 5.01 Å². The van der Waals surface area contributed by atoms with Crippen molar-refractivity contribution in [3.63, 3.8) is 0 Å². The molecule has 4 nitrogen and oxygen atoms in total. The fraction of sp³-hybridized carbons (Fsp3) is 1.00. The van der Waals surface area contributed by atoms with E-state index in [0.717, 1.165) is 6.67 Å². The zero-order valence-corrected chi connectivity index (χ0v) is 3.55. The fourth-order valence-electron chi connectivity index (χ4n) is 0.274. The Hall–Kier alpha value is -0.640. The van der Waals surface area contributed by atoms with Gasteiger partial charge < -0.3 is 0 Å². The van der Waals surface area contributed by atoms with Gasteiger partial charge in [0.2, 0.25) is 6.67 Å². The van der Waals surface area contributed by atoms with E-state index < -0.39 is 0 Å². The molecule has 0 aromatic carbocycles. The SMILES string of the molecule is C[N+]1CNN=N1. The topological polar surface area (TPSA) is 42.6 Å². The number of hydrogen-bond acceptors (Lipinski definition) is 4. The minimum Gasteiger partial charge on any atom is -0.230 e. The summed E-state index contributed by atoms with van der Waals surface area (Å²) in [7, 11) is 1.85. The van der Waals surface area contributed by atoms with Crippen molar-refractivity contribution in [1.29, 1.82) is 0 Å². The number of nitrogens with zero attached hydrogens (tertiary/aromatic N) is 3. The van der Waals surface area contributed by atoms with Gasteiger partial charge in [-0.3, -0.25) is 0 Å². The molecule has 1 aliphatic rings. The lowest BCUT2D eigenvalue weighted by Gasteiger charge is -1.78. The van der Waals surface area contributed by atoms with Gasteiger partial charge in [-0.2, -0.15) is 0 Å². The van der Waals surface area contributed by atoms with E-state index in [1.807, 2.05) is 7.05 Å².